The first-order valence-corrected chi connectivity index (χ1v) is 9.80. The molecule has 0 amide bonds. The van der Waals surface area contributed by atoms with E-state index in [0.29, 0.717) is 18.5 Å². The Balaban J connectivity index is 1.47. The van der Waals surface area contributed by atoms with Gasteiger partial charge in [0.05, 0.1) is 0 Å². The van der Waals surface area contributed by atoms with Crippen molar-refractivity contribution in [2.75, 3.05) is 0 Å². The van der Waals surface area contributed by atoms with Crippen LogP contribution in [0.3, 0.4) is 0 Å². The van der Waals surface area contributed by atoms with Gasteiger partial charge in [-0.1, -0.05) is 60.5 Å². The highest BCUT2D eigenvalue weighted by molar-refractivity contribution is 5.33. The molecule has 2 atom stereocenters. The van der Waals surface area contributed by atoms with Crippen LogP contribution in [0.25, 0.3) is 0 Å². The summed E-state index contributed by atoms with van der Waals surface area (Å²) in [6, 6.07) is 17.8. The van der Waals surface area contributed by atoms with Crippen molar-refractivity contribution in [2.45, 2.75) is 57.1 Å². The maximum atomic E-state index is 12.5. The average Bonchev–Trinajstić information content (AvgIpc) is 2.62. The van der Waals surface area contributed by atoms with E-state index in [1.165, 1.54) is 36.1 Å². The Morgan fingerprint density at radius 2 is 1.75 bits per heavy atom. The third kappa shape index (κ3) is 4.76. The summed E-state index contributed by atoms with van der Waals surface area (Å²) in [6.07, 6.45) is 2.91. The van der Waals surface area contributed by atoms with Crippen LogP contribution in [0.15, 0.2) is 66.2 Å². The van der Waals surface area contributed by atoms with Gasteiger partial charge in [0.15, 0.2) is 0 Å². The van der Waals surface area contributed by atoms with Crippen molar-refractivity contribution in [3.63, 3.8) is 0 Å². The highest BCUT2D eigenvalue weighted by atomic mass is 19.4. The van der Waals surface area contributed by atoms with E-state index in [1.54, 1.807) is 6.07 Å². The standard InChI is InChI=1S/C23H24F3NO/c24-23(25,26)28-22-11-4-8-18(15-22)12-19-13-20-9-5-10-21(14-19)27(20)16-17-6-2-1-3-7-17/h1-4,6-8,11,13,15,20-21H,5,9-10,12,14,16H2. The number of halogens is 3. The Labute approximate surface area is 163 Å². The zero-order valence-electron chi connectivity index (χ0n) is 15.7. The zero-order valence-corrected chi connectivity index (χ0v) is 15.7. The molecule has 1 fully saturated rings. The van der Waals surface area contributed by atoms with Crippen molar-refractivity contribution in [1.29, 1.82) is 0 Å². The lowest BCUT2D eigenvalue weighted by atomic mass is 9.83. The number of benzene rings is 2. The fourth-order valence-electron chi connectivity index (χ4n) is 4.49. The summed E-state index contributed by atoms with van der Waals surface area (Å²) < 4.78 is 41.5. The molecular formula is C23H24F3NO. The smallest absolute Gasteiger partial charge is 0.406 e. The van der Waals surface area contributed by atoms with E-state index in [4.69, 9.17) is 0 Å². The summed E-state index contributed by atoms with van der Waals surface area (Å²) in [5.41, 5.74) is 3.51. The van der Waals surface area contributed by atoms with Crippen molar-refractivity contribution in [3.05, 3.63) is 77.4 Å². The van der Waals surface area contributed by atoms with Crippen LogP contribution in [0.1, 0.15) is 36.8 Å². The number of rotatable bonds is 5. The molecule has 2 aromatic rings. The Morgan fingerprint density at radius 1 is 0.964 bits per heavy atom. The normalized spacial score (nSPS) is 22.6. The van der Waals surface area contributed by atoms with Crippen molar-refractivity contribution in [1.82, 2.24) is 4.90 Å². The highest BCUT2D eigenvalue weighted by Crippen LogP contribution is 2.36. The highest BCUT2D eigenvalue weighted by Gasteiger charge is 2.34. The minimum absolute atomic E-state index is 0.146. The van der Waals surface area contributed by atoms with Crippen molar-refractivity contribution >= 4 is 0 Å². The number of ether oxygens (including phenoxy) is 1. The number of hydrogen-bond acceptors (Lipinski definition) is 2. The summed E-state index contributed by atoms with van der Waals surface area (Å²) in [5, 5.41) is 0. The Bertz CT molecular complexity index is 831. The second-order valence-corrected chi connectivity index (χ2v) is 7.71. The van der Waals surface area contributed by atoms with Crippen LogP contribution in [0, 0.1) is 0 Å². The van der Waals surface area contributed by atoms with Gasteiger partial charge < -0.3 is 4.74 Å². The molecule has 148 valence electrons. The second kappa shape index (κ2) is 8.00. The molecule has 2 unspecified atom stereocenters. The zero-order chi connectivity index (χ0) is 19.6. The monoisotopic (exact) mass is 387 g/mol. The minimum atomic E-state index is -4.66. The second-order valence-electron chi connectivity index (χ2n) is 7.71. The predicted octanol–water partition coefficient (Wildman–Crippen LogP) is 5.88. The number of hydrogen-bond donors (Lipinski definition) is 0. The van der Waals surface area contributed by atoms with Gasteiger partial charge in [-0.25, -0.2) is 0 Å². The summed E-state index contributed by atoms with van der Waals surface area (Å²) >= 11 is 0. The van der Waals surface area contributed by atoms with E-state index in [2.05, 4.69) is 40.0 Å². The molecule has 0 N–H and O–H groups in total. The van der Waals surface area contributed by atoms with Crippen molar-refractivity contribution < 1.29 is 17.9 Å². The third-order valence-electron chi connectivity index (χ3n) is 5.63. The molecule has 2 bridgehead atoms. The lowest BCUT2D eigenvalue weighted by Crippen LogP contribution is -2.48. The van der Waals surface area contributed by atoms with Gasteiger partial charge in [0.2, 0.25) is 0 Å². The maximum Gasteiger partial charge on any atom is 0.573 e. The Hall–Kier alpha value is -2.27. The van der Waals surface area contributed by atoms with E-state index in [1.807, 2.05) is 12.1 Å². The first kappa shape index (κ1) is 19.1. The summed E-state index contributed by atoms with van der Waals surface area (Å²) in [7, 11) is 0. The van der Waals surface area contributed by atoms with Gasteiger partial charge in [-0.2, -0.15) is 0 Å². The number of alkyl halides is 3. The molecule has 1 saturated heterocycles. The van der Waals surface area contributed by atoms with Gasteiger partial charge in [0.1, 0.15) is 5.75 Å². The lowest BCUT2D eigenvalue weighted by Gasteiger charge is -2.45. The molecule has 2 aliphatic heterocycles. The van der Waals surface area contributed by atoms with E-state index < -0.39 is 6.36 Å². The van der Waals surface area contributed by atoms with Crippen LogP contribution in [0.5, 0.6) is 5.75 Å². The number of nitrogens with zero attached hydrogens (tertiary/aromatic N) is 1. The molecule has 0 aromatic heterocycles. The van der Waals surface area contributed by atoms with Crippen LogP contribution in [0.2, 0.25) is 0 Å². The van der Waals surface area contributed by atoms with Crippen molar-refractivity contribution in [3.8, 4) is 5.75 Å². The molecule has 0 aliphatic carbocycles. The van der Waals surface area contributed by atoms with Gasteiger partial charge in [-0.3, -0.25) is 4.90 Å². The molecule has 0 saturated carbocycles. The molecule has 2 aliphatic rings. The third-order valence-corrected chi connectivity index (χ3v) is 5.63. The Morgan fingerprint density at radius 3 is 2.50 bits per heavy atom. The SMILES string of the molecule is FC(F)(F)Oc1cccc(CC2=CC3CCCC(C2)N3Cc2ccccc2)c1. The summed E-state index contributed by atoms with van der Waals surface area (Å²) in [5.74, 6) is -0.146. The van der Waals surface area contributed by atoms with E-state index in [9.17, 15) is 13.2 Å². The van der Waals surface area contributed by atoms with Gasteiger partial charge >= 0.3 is 6.36 Å². The molecule has 28 heavy (non-hydrogen) atoms. The van der Waals surface area contributed by atoms with Crippen LogP contribution in [0.4, 0.5) is 13.2 Å². The lowest BCUT2D eigenvalue weighted by molar-refractivity contribution is -0.274. The largest absolute Gasteiger partial charge is 0.573 e. The predicted molar refractivity (Wildman–Crippen MR) is 103 cm³/mol. The van der Waals surface area contributed by atoms with Gasteiger partial charge in [-0.05, 0) is 48.9 Å². The first-order valence-electron chi connectivity index (χ1n) is 9.80. The van der Waals surface area contributed by atoms with Crippen LogP contribution < -0.4 is 4.74 Å². The van der Waals surface area contributed by atoms with Gasteiger partial charge in [0, 0.05) is 18.6 Å². The topological polar surface area (TPSA) is 12.5 Å². The molecule has 2 nitrogen and oxygen atoms in total. The molecule has 0 radical (unpaired) electrons. The van der Waals surface area contributed by atoms with Crippen molar-refractivity contribution in [2.24, 2.45) is 0 Å². The number of fused-ring (bicyclic) bond motifs is 2. The summed E-state index contributed by atoms with van der Waals surface area (Å²) in [6.45, 7) is 0.953. The van der Waals surface area contributed by atoms with Crippen LogP contribution >= 0.6 is 0 Å². The van der Waals surface area contributed by atoms with Crippen LogP contribution in [-0.2, 0) is 13.0 Å². The van der Waals surface area contributed by atoms with Gasteiger partial charge in [-0.15, -0.1) is 13.2 Å². The average molecular weight is 387 g/mol. The van der Waals surface area contributed by atoms with Crippen LogP contribution in [-0.4, -0.2) is 23.3 Å². The van der Waals surface area contributed by atoms with E-state index in [0.717, 1.165) is 24.9 Å². The summed E-state index contributed by atoms with van der Waals surface area (Å²) in [4.78, 5) is 2.59. The fraction of sp³-hybridized carbons (Fsp3) is 0.391. The minimum Gasteiger partial charge on any atom is -0.406 e. The number of piperidine rings is 1. The molecule has 2 heterocycles. The molecule has 2 aromatic carbocycles. The van der Waals surface area contributed by atoms with E-state index in [-0.39, 0.29) is 5.75 Å². The van der Waals surface area contributed by atoms with Gasteiger partial charge in [0.25, 0.3) is 0 Å². The van der Waals surface area contributed by atoms with E-state index >= 15 is 0 Å². The quantitative estimate of drug-likeness (QED) is 0.594. The molecule has 4 rings (SSSR count). The Kier molecular flexibility index (Phi) is 5.44. The maximum absolute atomic E-state index is 12.5. The molecule has 5 heteroatoms. The molecular weight excluding hydrogens is 363 g/mol. The first-order chi connectivity index (χ1) is 13.5. The fourth-order valence-corrected chi connectivity index (χ4v) is 4.49. The molecule has 0 spiro atoms.